The van der Waals surface area contributed by atoms with Crippen LogP contribution >= 0.6 is 11.8 Å². The minimum absolute atomic E-state index is 0.136. The van der Waals surface area contributed by atoms with Gasteiger partial charge in [-0.05, 0) is 37.0 Å². The lowest BCUT2D eigenvalue weighted by Gasteiger charge is -2.28. The van der Waals surface area contributed by atoms with Gasteiger partial charge in [0.15, 0.2) is 0 Å². The minimum atomic E-state index is -0.650. The molecule has 1 N–H and O–H groups in total. The van der Waals surface area contributed by atoms with E-state index in [2.05, 4.69) is 10.2 Å². The Morgan fingerprint density at radius 3 is 2.43 bits per heavy atom. The lowest BCUT2D eigenvalue weighted by atomic mass is 9.86. The number of ether oxygens (including phenoxy) is 1. The number of nitrogens with zero attached hydrogens (tertiary/aromatic N) is 1. The number of hydrogen-bond donors (Lipinski definition) is 1. The highest BCUT2D eigenvalue weighted by Crippen LogP contribution is 2.29. The van der Waals surface area contributed by atoms with Gasteiger partial charge >= 0.3 is 5.97 Å². The van der Waals surface area contributed by atoms with Crippen molar-refractivity contribution in [3.63, 3.8) is 0 Å². The molecular weight excluding hydrogens is 400 g/mol. The van der Waals surface area contributed by atoms with Gasteiger partial charge in [-0.3, -0.25) is 9.59 Å². The summed E-state index contributed by atoms with van der Waals surface area (Å²) in [6.07, 6.45) is 9.31. The molecule has 6 nitrogen and oxygen atoms in total. The van der Waals surface area contributed by atoms with E-state index in [1.165, 1.54) is 39.2 Å². The van der Waals surface area contributed by atoms with Gasteiger partial charge in [-0.2, -0.15) is 11.8 Å². The fraction of sp³-hybridized carbons (Fsp3) is 0.870. The van der Waals surface area contributed by atoms with Crippen LogP contribution < -0.4 is 5.32 Å². The van der Waals surface area contributed by atoms with Gasteiger partial charge in [0.1, 0.15) is 6.04 Å². The Balaban J connectivity index is 1.81. The molecule has 2 fully saturated rings. The van der Waals surface area contributed by atoms with Gasteiger partial charge in [0.25, 0.3) is 0 Å². The molecule has 7 heteroatoms. The Kier molecular flexibility index (Phi) is 9.98. The van der Waals surface area contributed by atoms with Crippen molar-refractivity contribution in [1.82, 2.24) is 10.2 Å². The Morgan fingerprint density at radius 1 is 1.10 bits per heavy atom. The molecule has 0 radical (unpaired) electrons. The second-order valence-corrected chi connectivity index (χ2v) is 11.1. The molecule has 1 saturated heterocycles. The Labute approximate surface area is 186 Å². The SMILES string of the molecule is COC(=O)C(CSC[C@@H]1CCCN1C(=O)CC1CCCCC1)NC(=O)CC(C)(C)C. The van der Waals surface area contributed by atoms with E-state index >= 15 is 0 Å². The van der Waals surface area contributed by atoms with E-state index in [-0.39, 0.29) is 17.4 Å². The lowest BCUT2D eigenvalue weighted by Crippen LogP contribution is -2.44. The summed E-state index contributed by atoms with van der Waals surface area (Å²) in [7, 11) is 1.35. The van der Waals surface area contributed by atoms with Crippen molar-refractivity contribution < 1.29 is 19.1 Å². The Hall–Kier alpha value is -1.24. The number of thioether (sulfide) groups is 1. The third kappa shape index (κ3) is 8.48. The number of esters is 1. The molecule has 30 heavy (non-hydrogen) atoms. The quantitative estimate of drug-likeness (QED) is 0.552. The van der Waals surface area contributed by atoms with E-state index in [4.69, 9.17) is 4.74 Å². The highest BCUT2D eigenvalue weighted by atomic mass is 32.2. The molecule has 1 aliphatic carbocycles. The van der Waals surface area contributed by atoms with Crippen LogP contribution in [-0.4, -0.2) is 59.9 Å². The number of carbonyl (C=O) groups is 3. The fourth-order valence-electron chi connectivity index (χ4n) is 4.45. The molecule has 2 rings (SSSR count). The average molecular weight is 441 g/mol. The van der Waals surface area contributed by atoms with Crippen LogP contribution in [0.5, 0.6) is 0 Å². The summed E-state index contributed by atoms with van der Waals surface area (Å²) in [5.74, 6) is 1.56. The first-order valence-corrected chi connectivity index (χ1v) is 12.6. The van der Waals surface area contributed by atoms with Gasteiger partial charge in [-0.15, -0.1) is 0 Å². The summed E-state index contributed by atoms with van der Waals surface area (Å²) in [6, 6.07) is -0.419. The number of likely N-dealkylation sites (tertiary alicyclic amines) is 1. The largest absolute Gasteiger partial charge is 0.467 e. The van der Waals surface area contributed by atoms with Crippen LogP contribution in [0.2, 0.25) is 0 Å². The molecule has 1 saturated carbocycles. The van der Waals surface area contributed by atoms with Gasteiger partial charge in [0.2, 0.25) is 11.8 Å². The molecule has 2 aliphatic rings. The molecule has 0 aromatic rings. The number of rotatable bonds is 9. The normalized spacial score (nSPS) is 21.3. The smallest absolute Gasteiger partial charge is 0.329 e. The number of methoxy groups -OCH3 is 1. The van der Waals surface area contributed by atoms with Crippen molar-refractivity contribution in [3.05, 3.63) is 0 Å². The monoisotopic (exact) mass is 440 g/mol. The van der Waals surface area contributed by atoms with Crippen molar-refractivity contribution in [2.45, 2.75) is 90.6 Å². The molecular formula is C23H40N2O4S. The third-order valence-electron chi connectivity index (χ3n) is 5.99. The van der Waals surface area contributed by atoms with Gasteiger partial charge < -0.3 is 15.0 Å². The van der Waals surface area contributed by atoms with Crippen LogP contribution in [-0.2, 0) is 19.1 Å². The van der Waals surface area contributed by atoms with Gasteiger partial charge in [-0.1, -0.05) is 40.0 Å². The first-order chi connectivity index (χ1) is 14.2. The standard InChI is InChI=1S/C23H40N2O4S/c1-23(2,3)14-20(26)24-19(22(28)29-4)16-30-15-18-11-8-12-25(18)21(27)13-17-9-6-5-7-10-17/h17-19H,5-16H2,1-4H3,(H,24,26)/t18-,19?/m0/s1. The maximum atomic E-state index is 12.8. The summed E-state index contributed by atoms with van der Waals surface area (Å²) in [5, 5.41) is 2.82. The summed E-state index contributed by atoms with van der Waals surface area (Å²) in [6.45, 7) is 6.83. The first-order valence-electron chi connectivity index (χ1n) is 11.4. The minimum Gasteiger partial charge on any atom is -0.467 e. The average Bonchev–Trinajstić information content (AvgIpc) is 3.14. The highest BCUT2D eigenvalue weighted by molar-refractivity contribution is 7.99. The molecule has 2 atom stereocenters. The van der Waals surface area contributed by atoms with E-state index in [0.717, 1.165) is 25.1 Å². The second kappa shape index (κ2) is 12.0. The van der Waals surface area contributed by atoms with Gasteiger partial charge in [0.05, 0.1) is 7.11 Å². The molecule has 0 spiro atoms. The van der Waals surface area contributed by atoms with Crippen LogP contribution in [0.3, 0.4) is 0 Å². The summed E-state index contributed by atoms with van der Waals surface area (Å²) < 4.78 is 4.88. The number of amides is 2. The van der Waals surface area contributed by atoms with Crippen molar-refractivity contribution in [2.24, 2.45) is 11.3 Å². The van der Waals surface area contributed by atoms with E-state index in [1.807, 2.05) is 20.8 Å². The topological polar surface area (TPSA) is 75.7 Å². The van der Waals surface area contributed by atoms with Crippen LogP contribution in [0.15, 0.2) is 0 Å². The van der Waals surface area contributed by atoms with E-state index in [0.29, 0.717) is 30.4 Å². The van der Waals surface area contributed by atoms with Crippen molar-refractivity contribution in [3.8, 4) is 0 Å². The fourth-order valence-corrected chi connectivity index (χ4v) is 5.66. The van der Waals surface area contributed by atoms with E-state index in [9.17, 15) is 14.4 Å². The van der Waals surface area contributed by atoms with Gasteiger partial charge in [-0.25, -0.2) is 4.79 Å². The highest BCUT2D eigenvalue weighted by Gasteiger charge is 2.31. The molecule has 1 aliphatic heterocycles. The van der Waals surface area contributed by atoms with Crippen LogP contribution in [0.4, 0.5) is 0 Å². The molecule has 0 aromatic carbocycles. The summed E-state index contributed by atoms with van der Waals surface area (Å²) in [4.78, 5) is 39.3. The number of nitrogens with one attached hydrogen (secondary N) is 1. The maximum Gasteiger partial charge on any atom is 0.329 e. The number of carbonyl (C=O) groups excluding carboxylic acids is 3. The van der Waals surface area contributed by atoms with Crippen LogP contribution in [0.25, 0.3) is 0 Å². The zero-order valence-corrected chi connectivity index (χ0v) is 20.0. The molecule has 0 bridgehead atoms. The zero-order chi connectivity index (χ0) is 22.1. The van der Waals surface area contributed by atoms with E-state index in [1.54, 1.807) is 11.8 Å². The molecule has 2 amide bonds. The molecule has 0 aromatic heterocycles. The number of hydrogen-bond acceptors (Lipinski definition) is 5. The molecule has 172 valence electrons. The third-order valence-corrected chi connectivity index (χ3v) is 7.18. The zero-order valence-electron chi connectivity index (χ0n) is 19.2. The Morgan fingerprint density at radius 2 is 1.80 bits per heavy atom. The lowest BCUT2D eigenvalue weighted by molar-refractivity contribution is -0.144. The molecule has 1 unspecified atom stereocenters. The predicted octanol–water partition coefficient (Wildman–Crippen LogP) is 3.78. The predicted molar refractivity (Wildman–Crippen MR) is 121 cm³/mol. The van der Waals surface area contributed by atoms with Gasteiger partial charge in [0, 0.05) is 36.9 Å². The van der Waals surface area contributed by atoms with Crippen molar-refractivity contribution in [2.75, 3.05) is 25.2 Å². The Bertz CT molecular complexity index is 584. The molecule has 1 heterocycles. The second-order valence-electron chi connectivity index (χ2n) is 10.0. The first kappa shape index (κ1) is 25.0. The van der Waals surface area contributed by atoms with Crippen molar-refractivity contribution >= 4 is 29.5 Å². The summed E-state index contributed by atoms with van der Waals surface area (Å²) in [5.41, 5.74) is -0.138. The van der Waals surface area contributed by atoms with Crippen LogP contribution in [0, 0.1) is 11.3 Å². The maximum absolute atomic E-state index is 12.8. The van der Waals surface area contributed by atoms with Crippen molar-refractivity contribution in [1.29, 1.82) is 0 Å². The van der Waals surface area contributed by atoms with E-state index < -0.39 is 12.0 Å². The van der Waals surface area contributed by atoms with Crippen LogP contribution in [0.1, 0.15) is 78.6 Å². The summed E-state index contributed by atoms with van der Waals surface area (Å²) >= 11 is 1.62.